The second-order valence-electron chi connectivity index (χ2n) is 5.22. The van der Waals surface area contributed by atoms with Crippen LogP contribution >= 0.6 is 38.5 Å². The predicted molar refractivity (Wildman–Crippen MR) is 111 cm³/mol. The zero-order valence-corrected chi connectivity index (χ0v) is 17.6. The molecule has 0 aliphatic heterocycles. The van der Waals surface area contributed by atoms with Crippen molar-refractivity contribution in [2.24, 2.45) is 5.10 Å². The van der Waals surface area contributed by atoms with Gasteiger partial charge in [-0.3, -0.25) is 4.79 Å². The van der Waals surface area contributed by atoms with Gasteiger partial charge in [-0.2, -0.15) is 5.10 Å². The monoisotopic (exact) mass is 528 g/mol. The zero-order valence-electron chi connectivity index (χ0n) is 13.9. The Morgan fingerprint density at radius 1 is 1.23 bits per heavy atom. The van der Waals surface area contributed by atoms with Gasteiger partial charge in [-0.05, 0) is 59.0 Å². The molecule has 3 rings (SSSR count). The molecule has 0 saturated carbocycles. The molecule has 8 heteroatoms. The third kappa shape index (κ3) is 4.01. The highest BCUT2D eigenvalue weighted by Crippen LogP contribution is 2.32. The highest BCUT2D eigenvalue weighted by atomic mass is 127. The summed E-state index contributed by atoms with van der Waals surface area (Å²) >= 11 is 5.56. The van der Waals surface area contributed by atoms with Crippen molar-refractivity contribution in [2.75, 3.05) is 14.2 Å². The van der Waals surface area contributed by atoms with Crippen LogP contribution in [0.15, 0.2) is 50.4 Å². The Hall–Kier alpha value is -2.07. The maximum atomic E-state index is 12.2. The normalized spacial score (nSPS) is 11.1. The van der Waals surface area contributed by atoms with Crippen molar-refractivity contribution in [3.8, 4) is 11.5 Å². The number of hydrazone groups is 1. The number of methoxy groups -OCH3 is 2. The molecule has 0 saturated heterocycles. The summed E-state index contributed by atoms with van der Waals surface area (Å²) in [6, 6.07) is 10.9. The van der Waals surface area contributed by atoms with E-state index in [4.69, 9.17) is 13.9 Å². The average Bonchev–Trinajstić information content (AvgIpc) is 3.04. The van der Waals surface area contributed by atoms with Gasteiger partial charge in [0, 0.05) is 19.0 Å². The van der Waals surface area contributed by atoms with Gasteiger partial charge in [0.05, 0.1) is 20.4 Å². The molecular formula is C18H14BrIN2O4. The van der Waals surface area contributed by atoms with E-state index in [-0.39, 0.29) is 5.76 Å². The van der Waals surface area contributed by atoms with Gasteiger partial charge in [0.15, 0.2) is 17.3 Å². The quantitative estimate of drug-likeness (QED) is 0.299. The lowest BCUT2D eigenvalue weighted by Gasteiger charge is -2.10. The average molecular weight is 529 g/mol. The molecule has 0 bridgehead atoms. The maximum Gasteiger partial charge on any atom is 0.307 e. The first-order valence-corrected chi connectivity index (χ1v) is 9.33. The first-order valence-electron chi connectivity index (χ1n) is 7.46. The van der Waals surface area contributed by atoms with Gasteiger partial charge in [-0.15, -0.1) is 0 Å². The van der Waals surface area contributed by atoms with Crippen LogP contribution in [0.4, 0.5) is 0 Å². The zero-order chi connectivity index (χ0) is 18.7. The van der Waals surface area contributed by atoms with Gasteiger partial charge in [0.25, 0.3) is 0 Å². The largest absolute Gasteiger partial charge is 0.493 e. The van der Waals surface area contributed by atoms with Crippen molar-refractivity contribution in [3.05, 3.63) is 55.8 Å². The minimum atomic E-state index is -0.440. The Kier molecular flexibility index (Phi) is 5.82. The van der Waals surface area contributed by atoms with Crippen LogP contribution < -0.4 is 14.9 Å². The second kappa shape index (κ2) is 8.09. The van der Waals surface area contributed by atoms with E-state index < -0.39 is 5.91 Å². The standard InChI is InChI=1S/C18H14BrIN2O4/c1-24-15-8-13(20)6-11(17(15)25-2)9-21-22-18(23)16-7-10-5-12(19)3-4-14(10)26-16/h3-9H,1-2H3,(H,22,23)/b21-9+. The number of nitrogens with one attached hydrogen (secondary N) is 1. The lowest BCUT2D eigenvalue weighted by molar-refractivity contribution is 0.0929. The highest BCUT2D eigenvalue weighted by molar-refractivity contribution is 14.1. The molecule has 134 valence electrons. The number of nitrogens with zero attached hydrogens (tertiary/aromatic N) is 1. The molecule has 0 spiro atoms. The van der Waals surface area contributed by atoms with Gasteiger partial charge in [-0.1, -0.05) is 15.9 Å². The minimum Gasteiger partial charge on any atom is -0.493 e. The first kappa shape index (κ1) is 18.7. The third-order valence-corrected chi connectivity index (χ3v) is 4.66. The summed E-state index contributed by atoms with van der Waals surface area (Å²) < 4.78 is 18.1. The van der Waals surface area contributed by atoms with E-state index in [1.54, 1.807) is 26.4 Å². The van der Waals surface area contributed by atoms with Crippen LogP contribution in [0.3, 0.4) is 0 Å². The number of hydrogen-bond donors (Lipinski definition) is 1. The Morgan fingerprint density at radius 2 is 2.04 bits per heavy atom. The summed E-state index contributed by atoms with van der Waals surface area (Å²) in [7, 11) is 3.11. The second-order valence-corrected chi connectivity index (χ2v) is 7.38. The molecule has 0 radical (unpaired) electrons. The van der Waals surface area contributed by atoms with Crippen molar-refractivity contribution in [1.82, 2.24) is 5.43 Å². The van der Waals surface area contributed by atoms with Crippen LogP contribution in [0.25, 0.3) is 11.0 Å². The molecule has 0 atom stereocenters. The molecule has 2 aromatic carbocycles. The fourth-order valence-electron chi connectivity index (χ4n) is 2.40. The number of carbonyl (C=O) groups is 1. The number of amides is 1. The Morgan fingerprint density at radius 3 is 2.77 bits per heavy atom. The van der Waals surface area contributed by atoms with Crippen molar-refractivity contribution in [1.29, 1.82) is 0 Å². The van der Waals surface area contributed by atoms with Gasteiger partial charge >= 0.3 is 5.91 Å². The first-order chi connectivity index (χ1) is 12.5. The summed E-state index contributed by atoms with van der Waals surface area (Å²) in [4.78, 5) is 12.2. The number of carbonyl (C=O) groups excluding carboxylic acids is 1. The summed E-state index contributed by atoms with van der Waals surface area (Å²) in [5.41, 5.74) is 3.77. The Balaban J connectivity index is 1.79. The fraction of sp³-hybridized carbons (Fsp3) is 0.111. The maximum absolute atomic E-state index is 12.2. The van der Waals surface area contributed by atoms with Crippen molar-refractivity contribution in [2.45, 2.75) is 0 Å². The number of rotatable bonds is 5. The number of hydrogen-bond acceptors (Lipinski definition) is 5. The predicted octanol–water partition coefficient (Wildman–Crippen LogP) is 4.58. The molecular weight excluding hydrogens is 515 g/mol. The number of furan rings is 1. The smallest absolute Gasteiger partial charge is 0.307 e. The molecule has 0 fully saturated rings. The number of halogens is 2. The van der Waals surface area contributed by atoms with E-state index in [9.17, 15) is 4.79 Å². The Bertz CT molecular complexity index is 1000. The molecule has 1 aromatic heterocycles. The molecule has 0 aliphatic rings. The topological polar surface area (TPSA) is 73.1 Å². The molecule has 1 amide bonds. The summed E-state index contributed by atoms with van der Waals surface area (Å²) in [5, 5.41) is 4.83. The molecule has 0 aliphatic carbocycles. The summed E-state index contributed by atoms with van der Waals surface area (Å²) in [6.07, 6.45) is 1.50. The van der Waals surface area contributed by atoms with E-state index >= 15 is 0 Å². The van der Waals surface area contributed by atoms with E-state index in [0.29, 0.717) is 22.6 Å². The van der Waals surface area contributed by atoms with Crippen molar-refractivity contribution >= 4 is 61.6 Å². The Labute approximate surface area is 171 Å². The lowest BCUT2D eigenvalue weighted by atomic mass is 10.2. The highest BCUT2D eigenvalue weighted by Gasteiger charge is 2.13. The molecule has 3 aromatic rings. The van der Waals surface area contributed by atoms with Crippen LogP contribution in [0, 0.1) is 3.57 Å². The molecule has 1 N–H and O–H groups in total. The lowest BCUT2D eigenvalue weighted by Crippen LogP contribution is -2.16. The van der Waals surface area contributed by atoms with Crippen LogP contribution in [0.2, 0.25) is 0 Å². The van der Waals surface area contributed by atoms with Gasteiger partial charge < -0.3 is 13.9 Å². The van der Waals surface area contributed by atoms with Crippen molar-refractivity contribution in [3.63, 3.8) is 0 Å². The van der Waals surface area contributed by atoms with Crippen LogP contribution in [-0.2, 0) is 0 Å². The molecule has 26 heavy (non-hydrogen) atoms. The SMILES string of the molecule is COc1cc(I)cc(/C=N/NC(=O)c2cc3cc(Br)ccc3o2)c1OC. The molecule has 1 heterocycles. The van der Waals surface area contributed by atoms with E-state index in [0.717, 1.165) is 13.4 Å². The number of ether oxygens (including phenoxy) is 2. The van der Waals surface area contributed by atoms with E-state index in [1.807, 2.05) is 24.3 Å². The van der Waals surface area contributed by atoms with Gasteiger partial charge in [-0.25, -0.2) is 5.43 Å². The summed E-state index contributed by atoms with van der Waals surface area (Å²) in [5.74, 6) is 0.877. The van der Waals surface area contributed by atoms with E-state index in [2.05, 4.69) is 49.0 Å². The molecule has 0 unspecified atom stereocenters. The van der Waals surface area contributed by atoms with E-state index in [1.165, 1.54) is 6.21 Å². The third-order valence-electron chi connectivity index (χ3n) is 3.54. The van der Waals surface area contributed by atoms with Gasteiger partial charge in [0.2, 0.25) is 0 Å². The van der Waals surface area contributed by atoms with Crippen LogP contribution in [0.5, 0.6) is 11.5 Å². The minimum absolute atomic E-state index is 0.183. The van der Waals surface area contributed by atoms with Crippen LogP contribution in [-0.4, -0.2) is 26.3 Å². The molecule has 6 nitrogen and oxygen atoms in total. The fourth-order valence-corrected chi connectivity index (χ4v) is 3.39. The van der Waals surface area contributed by atoms with Gasteiger partial charge in [0.1, 0.15) is 5.58 Å². The number of fused-ring (bicyclic) bond motifs is 1. The summed E-state index contributed by atoms with van der Waals surface area (Å²) in [6.45, 7) is 0. The van der Waals surface area contributed by atoms with Crippen molar-refractivity contribution < 1.29 is 18.7 Å². The van der Waals surface area contributed by atoms with Crippen LogP contribution in [0.1, 0.15) is 16.1 Å². The number of benzene rings is 2.